The maximum absolute atomic E-state index is 14.2. The van der Waals surface area contributed by atoms with Crippen molar-refractivity contribution < 1.29 is 18.7 Å². The monoisotopic (exact) mass is 346 g/mol. The lowest BCUT2D eigenvalue weighted by Crippen LogP contribution is -2.40. The Morgan fingerprint density at radius 2 is 1.88 bits per heavy atom. The summed E-state index contributed by atoms with van der Waals surface area (Å²) in [5, 5.41) is 0. The number of likely N-dealkylation sites (N-methyl/N-ethyl adjacent to an activating group) is 1. The number of carbonyl (C=O) groups is 2. The van der Waals surface area contributed by atoms with Crippen molar-refractivity contribution in [3.05, 3.63) is 47.3 Å². The second-order valence-corrected chi connectivity index (χ2v) is 6.99. The number of imide groups is 1. The molecule has 1 unspecified atom stereocenters. The smallest absolute Gasteiger partial charge is 0.261 e. The number of amides is 2. The molecule has 6 heteroatoms. The van der Waals surface area contributed by atoms with E-state index in [1.54, 1.807) is 24.3 Å². The maximum Gasteiger partial charge on any atom is 0.261 e. The van der Waals surface area contributed by atoms with Gasteiger partial charge in [0.05, 0.1) is 24.3 Å². The molecule has 5 nitrogen and oxygen atoms in total. The molecule has 1 fully saturated rings. The van der Waals surface area contributed by atoms with Crippen molar-refractivity contribution in [2.45, 2.75) is 38.5 Å². The van der Waals surface area contributed by atoms with Crippen LogP contribution < -0.4 is 0 Å². The highest BCUT2D eigenvalue weighted by molar-refractivity contribution is 6.21. The third kappa shape index (κ3) is 3.37. The average molecular weight is 346 g/mol. The summed E-state index contributed by atoms with van der Waals surface area (Å²) in [6, 6.07) is 6.81. The van der Waals surface area contributed by atoms with Crippen LogP contribution in [-0.2, 0) is 4.74 Å². The summed E-state index contributed by atoms with van der Waals surface area (Å²) < 4.78 is 19.9. The number of carbonyl (C=O) groups excluding carboxylic acids is 2. The summed E-state index contributed by atoms with van der Waals surface area (Å²) in [6.07, 6.45) is 2.75. The second kappa shape index (κ2) is 6.69. The summed E-state index contributed by atoms with van der Waals surface area (Å²) >= 11 is 0. The minimum Gasteiger partial charge on any atom is -0.359 e. The lowest BCUT2D eigenvalue weighted by atomic mass is 10.1. The zero-order chi connectivity index (χ0) is 18.2. The number of hydrogen-bond donors (Lipinski definition) is 0. The average Bonchev–Trinajstić information content (AvgIpc) is 2.98. The van der Waals surface area contributed by atoms with Gasteiger partial charge in [-0.1, -0.05) is 18.2 Å². The minimum atomic E-state index is -0.463. The normalized spacial score (nSPS) is 23.4. The molecule has 1 saturated heterocycles. The first kappa shape index (κ1) is 17.8. The van der Waals surface area contributed by atoms with Crippen LogP contribution in [0.25, 0.3) is 0 Å². The SMILES string of the molecule is CN1C(CC/C=C(\F)CN2C(=O)c3ccccc3C2=O)COC1(C)C. The molecule has 25 heavy (non-hydrogen) atoms. The van der Waals surface area contributed by atoms with Crippen molar-refractivity contribution in [1.82, 2.24) is 9.80 Å². The van der Waals surface area contributed by atoms with E-state index in [9.17, 15) is 14.0 Å². The number of allylic oxidation sites excluding steroid dienone is 1. The van der Waals surface area contributed by atoms with Crippen LogP contribution in [0.3, 0.4) is 0 Å². The molecule has 2 aliphatic heterocycles. The van der Waals surface area contributed by atoms with Gasteiger partial charge in [-0.25, -0.2) is 4.39 Å². The van der Waals surface area contributed by atoms with Gasteiger partial charge in [-0.05, 0) is 45.9 Å². The molecule has 1 aromatic carbocycles. The Bertz CT molecular complexity index is 694. The highest BCUT2D eigenvalue weighted by Crippen LogP contribution is 2.28. The number of ether oxygens (including phenoxy) is 1. The van der Waals surface area contributed by atoms with Crippen LogP contribution in [0, 0.1) is 0 Å². The zero-order valence-corrected chi connectivity index (χ0v) is 14.8. The fraction of sp³-hybridized carbons (Fsp3) is 0.474. The van der Waals surface area contributed by atoms with Crippen molar-refractivity contribution in [3.63, 3.8) is 0 Å². The second-order valence-electron chi connectivity index (χ2n) is 6.99. The van der Waals surface area contributed by atoms with Crippen LogP contribution in [0.2, 0.25) is 0 Å². The fourth-order valence-corrected chi connectivity index (χ4v) is 3.26. The van der Waals surface area contributed by atoms with Crippen LogP contribution in [0.15, 0.2) is 36.2 Å². The highest BCUT2D eigenvalue weighted by Gasteiger charge is 2.37. The quantitative estimate of drug-likeness (QED) is 0.769. The van der Waals surface area contributed by atoms with Gasteiger partial charge in [0.2, 0.25) is 0 Å². The van der Waals surface area contributed by atoms with Gasteiger partial charge in [-0.15, -0.1) is 0 Å². The van der Waals surface area contributed by atoms with E-state index in [1.807, 2.05) is 20.9 Å². The molecule has 1 atom stereocenters. The molecular formula is C19H23FN2O3. The van der Waals surface area contributed by atoms with E-state index >= 15 is 0 Å². The van der Waals surface area contributed by atoms with Crippen LogP contribution in [0.1, 0.15) is 47.4 Å². The Morgan fingerprint density at radius 1 is 1.28 bits per heavy atom. The first-order chi connectivity index (χ1) is 11.8. The van der Waals surface area contributed by atoms with Gasteiger partial charge < -0.3 is 4.74 Å². The summed E-state index contributed by atoms with van der Waals surface area (Å²) in [5.74, 6) is -1.33. The Balaban J connectivity index is 1.56. The first-order valence-corrected chi connectivity index (χ1v) is 8.48. The van der Waals surface area contributed by atoms with Crippen molar-refractivity contribution in [2.75, 3.05) is 20.2 Å². The lowest BCUT2D eigenvalue weighted by molar-refractivity contribution is -0.0414. The third-order valence-corrected chi connectivity index (χ3v) is 5.08. The molecule has 0 bridgehead atoms. The first-order valence-electron chi connectivity index (χ1n) is 8.48. The Labute approximate surface area is 147 Å². The van der Waals surface area contributed by atoms with Gasteiger partial charge >= 0.3 is 0 Å². The van der Waals surface area contributed by atoms with Crippen molar-refractivity contribution >= 4 is 11.8 Å². The van der Waals surface area contributed by atoms with Crippen LogP contribution in [0.5, 0.6) is 0 Å². The number of fused-ring (bicyclic) bond motifs is 1. The van der Waals surface area contributed by atoms with E-state index in [-0.39, 0.29) is 18.3 Å². The third-order valence-electron chi connectivity index (χ3n) is 5.08. The van der Waals surface area contributed by atoms with Crippen molar-refractivity contribution in [1.29, 1.82) is 0 Å². The molecule has 134 valence electrons. The van der Waals surface area contributed by atoms with E-state index in [0.717, 1.165) is 11.3 Å². The highest BCUT2D eigenvalue weighted by atomic mass is 19.1. The zero-order valence-electron chi connectivity index (χ0n) is 14.8. The maximum atomic E-state index is 14.2. The summed E-state index contributed by atoms with van der Waals surface area (Å²) in [5.41, 5.74) is 0.382. The van der Waals surface area contributed by atoms with Gasteiger partial charge in [-0.3, -0.25) is 19.4 Å². The molecule has 0 radical (unpaired) electrons. The van der Waals surface area contributed by atoms with Gasteiger partial charge in [0, 0.05) is 6.04 Å². The molecule has 0 aromatic heterocycles. The number of benzene rings is 1. The van der Waals surface area contributed by atoms with Gasteiger partial charge in [0.1, 0.15) is 11.6 Å². The van der Waals surface area contributed by atoms with E-state index < -0.39 is 17.6 Å². The predicted molar refractivity (Wildman–Crippen MR) is 91.8 cm³/mol. The minimum absolute atomic E-state index is 0.235. The predicted octanol–water partition coefficient (Wildman–Crippen LogP) is 2.98. The number of halogens is 1. The molecule has 0 N–H and O–H groups in total. The van der Waals surface area contributed by atoms with Crippen LogP contribution in [0.4, 0.5) is 4.39 Å². The summed E-state index contributed by atoms with van der Waals surface area (Å²) in [6.45, 7) is 4.32. The Kier molecular flexibility index (Phi) is 4.75. The van der Waals surface area contributed by atoms with Crippen molar-refractivity contribution in [3.8, 4) is 0 Å². The molecule has 2 aliphatic rings. The van der Waals surface area contributed by atoms with Crippen molar-refractivity contribution in [2.24, 2.45) is 0 Å². The van der Waals surface area contributed by atoms with E-state index in [2.05, 4.69) is 4.90 Å². The lowest BCUT2D eigenvalue weighted by Gasteiger charge is -2.29. The van der Waals surface area contributed by atoms with Gasteiger partial charge in [-0.2, -0.15) is 0 Å². The van der Waals surface area contributed by atoms with Crippen LogP contribution in [-0.4, -0.2) is 53.6 Å². The van der Waals surface area contributed by atoms with E-state index in [0.29, 0.717) is 24.2 Å². The largest absolute Gasteiger partial charge is 0.359 e. The molecule has 2 amide bonds. The molecule has 0 spiro atoms. The Morgan fingerprint density at radius 3 is 2.40 bits per heavy atom. The fourth-order valence-electron chi connectivity index (χ4n) is 3.26. The number of hydrogen-bond acceptors (Lipinski definition) is 4. The number of rotatable bonds is 5. The van der Waals surface area contributed by atoms with E-state index in [4.69, 9.17) is 4.74 Å². The molecule has 3 rings (SSSR count). The molecule has 0 aliphatic carbocycles. The molecule has 2 heterocycles. The molecular weight excluding hydrogens is 323 g/mol. The topological polar surface area (TPSA) is 49.9 Å². The summed E-state index contributed by atoms with van der Waals surface area (Å²) in [7, 11) is 2.00. The molecule has 1 aromatic rings. The summed E-state index contributed by atoms with van der Waals surface area (Å²) in [4.78, 5) is 27.6. The van der Waals surface area contributed by atoms with E-state index in [1.165, 1.54) is 6.08 Å². The van der Waals surface area contributed by atoms with Crippen LogP contribution >= 0.6 is 0 Å². The standard InChI is InChI=1S/C19H23FN2O3/c1-19(2)21(3)14(12-25-19)8-6-7-13(20)11-22-17(23)15-9-4-5-10-16(15)18(22)24/h4-5,7,9-10,14H,6,8,11-12H2,1-3H3/b13-7-. The molecule has 0 saturated carbocycles. The Hall–Kier alpha value is -2.05. The number of nitrogens with zero attached hydrogens (tertiary/aromatic N) is 2. The van der Waals surface area contributed by atoms with Gasteiger partial charge in [0.15, 0.2) is 0 Å². The van der Waals surface area contributed by atoms with Gasteiger partial charge in [0.25, 0.3) is 11.8 Å².